The Morgan fingerprint density at radius 2 is 1.84 bits per heavy atom. The number of aromatic amines is 1. The Labute approximate surface area is 358 Å². The number of carboxylic acid groups (broad SMARTS) is 1. The molecule has 3 aromatic rings. The third-order valence-corrected chi connectivity index (χ3v) is 13.5. The lowest BCUT2D eigenvalue weighted by Crippen LogP contribution is -2.59. The average Bonchev–Trinajstić information content (AvgIpc) is 3.94. The second-order valence-electron chi connectivity index (χ2n) is 17.7. The number of aldehydes is 2. The molecule has 6 rings (SSSR count). The average molecular weight is 842 g/mol. The molecule has 2 aliphatic carbocycles. The molecule has 9 atom stereocenters. The van der Waals surface area contributed by atoms with Gasteiger partial charge in [0.25, 0.3) is 0 Å². The molecule has 61 heavy (non-hydrogen) atoms. The maximum Gasteiger partial charge on any atom is 0.328 e. The molecule has 2 heterocycles. The number of hydrogen-bond acceptors (Lipinski definition) is 11. The number of hydrogen-bond donors (Lipinski definition) is 9. The predicted molar refractivity (Wildman–Crippen MR) is 236 cm³/mol. The van der Waals surface area contributed by atoms with Gasteiger partial charge in [0.1, 0.15) is 24.8 Å². The van der Waals surface area contributed by atoms with E-state index in [-0.39, 0.29) is 42.8 Å². The Hall–Kier alpha value is -4.60. The Kier molecular flexibility index (Phi) is 16.2. The van der Waals surface area contributed by atoms with Gasteiger partial charge < -0.3 is 62.2 Å². The number of H-pyrrole nitrogens is 1. The van der Waals surface area contributed by atoms with Gasteiger partial charge in [-0.1, -0.05) is 73.7 Å². The van der Waals surface area contributed by atoms with Gasteiger partial charge in [0, 0.05) is 31.1 Å². The SMILES string of the molecule is NC1=NC(C(=CC(=O)O)C(CC2CCc3cc4ccc(CC=O)cc4cc3C2CCCC(N)CCC(C=O)CCCO)[N-]c2ccc[nH]2)CC(C(O)C(O)C2(O)CCCC2)N1. The maximum atomic E-state index is 12.7. The van der Waals surface area contributed by atoms with Gasteiger partial charge in [-0.15, -0.1) is 0 Å². The highest BCUT2D eigenvalue weighted by Gasteiger charge is 2.46. The minimum absolute atomic E-state index is 0.00433. The topological polar surface area (TPSA) is 259 Å². The molecule has 0 radical (unpaired) electrons. The van der Waals surface area contributed by atoms with Gasteiger partial charge in [0.15, 0.2) is 5.96 Å². The number of carbonyl (C=O) groups excluding carboxylic acids is 2. The first-order valence-corrected chi connectivity index (χ1v) is 22.2. The summed E-state index contributed by atoms with van der Waals surface area (Å²) in [6.07, 6.45) is 11.7. The molecule has 0 spiro atoms. The number of benzene rings is 2. The van der Waals surface area contributed by atoms with Crippen LogP contribution >= 0.6 is 0 Å². The van der Waals surface area contributed by atoms with Crippen molar-refractivity contribution >= 4 is 41.1 Å². The van der Waals surface area contributed by atoms with E-state index < -0.39 is 41.9 Å². The van der Waals surface area contributed by atoms with E-state index in [1.54, 1.807) is 6.20 Å². The van der Waals surface area contributed by atoms with Gasteiger partial charge in [0.05, 0.1) is 17.7 Å². The largest absolute Gasteiger partial charge is 0.478 e. The van der Waals surface area contributed by atoms with Crippen LogP contribution in [0.15, 0.2) is 65.3 Å². The fourth-order valence-corrected chi connectivity index (χ4v) is 10.2. The highest BCUT2D eigenvalue weighted by atomic mass is 16.4. The molecule has 3 aliphatic rings. The van der Waals surface area contributed by atoms with Crippen molar-refractivity contribution in [2.45, 2.75) is 151 Å². The molecular weight excluding hydrogens is 777 g/mol. The zero-order chi connectivity index (χ0) is 43.5. The maximum absolute atomic E-state index is 12.7. The molecule has 0 saturated heterocycles. The molecule has 0 bridgehead atoms. The summed E-state index contributed by atoms with van der Waals surface area (Å²) in [7, 11) is 0. The number of nitrogens with zero attached hydrogens (tertiary/aromatic N) is 2. The van der Waals surface area contributed by atoms with Crippen LogP contribution in [0.2, 0.25) is 0 Å². The Balaban J connectivity index is 1.30. The zero-order valence-corrected chi connectivity index (χ0v) is 35.1. The first-order chi connectivity index (χ1) is 29.4. The van der Waals surface area contributed by atoms with Crippen molar-refractivity contribution in [1.82, 2.24) is 10.3 Å². The molecule has 0 amide bonds. The summed E-state index contributed by atoms with van der Waals surface area (Å²) < 4.78 is 0. The van der Waals surface area contributed by atoms with Crippen LogP contribution < -0.4 is 16.8 Å². The third-order valence-electron chi connectivity index (χ3n) is 13.5. The molecule has 1 aromatic heterocycles. The van der Waals surface area contributed by atoms with Crippen LogP contribution in [0.25, 0.3) is 16.1 Å². The number of rotatable bonds is 23. The van der Waals surface area contributed by atoms with Crippen molar-refractivity contribution in [3.05, 3.63) is 82.3 Å². The number of carbonyl (C=O) groups is 3. The summed E-state index contributed by atoms with van der Waals surface area (Å²) in [4.78, 5) is 43.6. The van der Waals surface area contributed by atoms with E-state index >= 15 is 0 Å². The van der Waals surface area contributed by atoms with Crippen molar-refractivity contribution < 1.29 is 39.9 Å². The van der Waals surface area contributed by atoms with Gasteiger partial charge in [-0.25, -0.2) is 9.79 Å². The molecule has 14 heteroatoms. The standard InChI is InChI=1S/C47H65N6O8/c48-35(15-11-30(28-56)6-5-20-54)7-3-8-36-33(14-13-32-23-31-12-10-29(16-21-55)22-34(31)24-37(32)36)25-39(51-42-9-4-19-50-42)38(26-43(57)58)40-27-41(53-46(49)52-40)44(59)45(60)47(61)17-1-2-18-47/h4,9-10,12,19,21-24,26,28,30,33,35-36,39-41,44-45,50,54,59-61H,1-3,5-8,11,13-18,20,25,27,48H2,(H,57,58)(H3,49,52,53)/q-1. The predicted octanol–water partition coefficient (Wildman–Crippen LogP) is 4.97. The van der Waals surface area contributed by atoms with Crippen LogP contribution in [0.5, 0.6) is 0 Å². The van der Waals surface area contributed by atoms with E-state index in [1.165, 1.54) is 11.1 Å². The normalized spacial score (nSPS) is 23.8. The molecule has 1 fully saturated rings. The van der Waals surface area contributed by atoms with Gasteiger partial charge in [0.2, 0.25) is 0 Å². The van der Waals surface area contributed by atoms with E-state index in [0.717, 1.165) is 79.9 Å². The molecule has 332 valence electrons. The zero-order valence-electron chi connectivity index (χ0n) is 35.1. The second-order valence-corrected chi connectivity index (χ2v) is 17.7. The molecule has 14 nitrogen and oxygen atoms in total. The van der Waals surface area contributed by atoms with Gasteiger partial charge in [-0.3, -0.25) is 0 Å². The summed E-state index contributed by atoms with van der Waals surface area (Å²) in [5.74, 6) is -0.607. The molecular formula is C47H65N6O8-. The lowest BCUT2D eigenvalue weighted by molar-refractivity contribution is -0.131. The molecule has 9 unspecified atom stereocenters. The number of aliphatic hydroxyl groups excluding tert-OH is 3. The fourth-order valence-electron chi connectivity index (χ4n) is 10.2. The van der Waals surface area contributed by atoms with E-state index in [1.807, 2.05) is 18.2 Å². The summed E-state index contributed by atoms with van der Waals surface area (Å²) in [5.41, 5.74) is 15.4. The van der Waals surface area contributed by atoms with Gasteiger partial charge in [-0.2, -0.15) is 0 Å². The Morgan fingerprint density at radius 1 is 1.03 bits per heavy atom. The first-order valence-electron chi connectivity index (χ1n) is 22.2. The monoisotopic (exact) mass is 841 g/mol. The summed E-state index contributed by atoms with van der Waals surface area (Å²) in [6, 6.07) is 11.9. The van der Waals surface area contributed by atoms with E-state index in [0.29, 0.717) is 62.8 Å². The second kappa shape index (κ2) is 21.5. The summed E-state index contributed by atoms with van der Waals surface area (Å²) in [6.45, 7) is 0.0545. The van der Waals surface area contributed by atoms with Crippen molar-refractivity contribution in [2.24, 2.45) is 28.3 Å². The van der Waals surface area contributed by atoms with E-state index in [4.69, 9.17) is 16.8 Å². The number of aliphatic hydroxyl groups is 4. The lowest BCUT2D eigenvalue weighted by Gasteiger charge is -2.42. The van der Waals surface area contributed by atoms with Crippen LogP contribution in [-0.2, 0) is 27.2 Å². The first kappa shape index (κ1) is 45.9. The number of guanidine groups is 1. The van der Waals surface area contributed by atoms with Gasteiger partial charge in [-0.05, 0) is 128 Å². The number of aryl methyl sites for hydroxylation is 1. The van der Waals surface area contributed by atoms with Crippen LogP contribution in [0.3, 0.4) is 0 Å². The number of aliphatic carboxylic acids is 1. The molecule has 11 N–H and O–H groups in total. The minimum atomic E-state index is -1.44. The Bertz CT molecular complexity index is 1980. The molecule has 1 aliphatic heterocycles. The number of nitrogens with one attached hydrogen (secondary N) is 2. The fraction of sp³-hybridized carbons (Fsp3) is 0.574. The van der Waals surface area contributed by atoms with Crippen LogP contribution in [0.4, 0.5) is 5.82 Å². The number of nitrogens with two attached hydrogens (primary N) is 2. The third kappa shape index (κ3) is 11.9. The van der Waals surface area contributed by atoms with Crippen molar-refractivity contribution in [2.75, 3.05) is 6.61 Å². The summed E-state index contributed by atoms with van der Waals surface area (Å²) in [5, 5.41) is 63.7. The number of fused-ring (bicyclic) bond motifs is 2. The minimum Gasteiger partial charge on any atom is -0.478 e. The summed E-state index contributed by atoms with van der Waals surface area (Å²) >= 11 is 0. The van der Waals surface area contributed by atoms with Crippen LogP contribution in [0, 0.1) is 11.8 Å². The van der Waals surface area contributed by atoms with Crippen molar-refractivity contribution in [3.8, 4) is 0 Å². The van der Waals surface area contributed by atoms with E-state index in [2.05, 4.69) is 39.6 Å². The molecule has 1 saturated carbocycles. The van der Waals surface area contributed by atoms with Crippen molar-refractivity contribution in [1.29, 1.82) is 0 Å². The number of carboxylic acids is 1. The van der Waals surface area contributed by atoms with Crippen LogP contribution in [-0.4, -0.2) is 104 Å². The smallest absolute Gasteiger partial charge is 0.328 e. The van der Waals surface area contributed by atoms with E-state index in [9.17, 15) is 39.9 Å². The lowest BCUT2D eigenvalue weighted by atomic mass is 9.69. The Morgan fingerprint density at radius 3 is 2.54 bits per heavy atom. The highest BCUT2D eigenvalue weighted by Crippen LogP contribution is 2.46. The quantitative estimate of drug-likeness (QED) is 0.0455. The van der Waals surface area contributed by atoms with Gasteiger partial charge >= 0.3 is 5.97 Å². The molecule has 2 aromatic carbocycles. The van der Waals surface area contributed by atoms with Crippen molar-refractivity contribution in [3.63, 3.8) is 0 Å². The number of aliphatic imine (C=N–C) groups is 1. The highest BCUT2D eigenvalue weighted by molar-refractivity contribution is 5.86. The number of aromatic nitrogens is 1. The van der Waals surface area contributed by atoms with Crippen LogP contribution in [0.1, 0.15) is 112 Å².